The zero-order valence-electron chi connectivity index (χ0n) is 9.88. The van der Waals surface area contributed by atoms with Gasteiger partial charge in [-0.05, 0) is 31.2 Å². The average molecular weight is 227 g/mol. The van der Waals surface area contributed by atoms with E-state index in [0.717, 1.165) is 18.7 Å². The number of ketones is 1. The molecule has 1 saturated heterocycles. The zero-order valence-corrected chi connectivity index (χ0v) is 9.88. The largest absolute Gasteiger partial charge is 0.377 e. The quantitative estimate of drug-likeness (QED) is 0.447. The summed E-state index contributed by atoms with van der Waals surface area (Å²) >= 11 is 0. The van der Waals surface area contributed by atoms with Gasteiger partial charge in [0.05, 0.1) is 0 Å². The van der Waals surface area contributed by atoms with Crippen molar-refractivity contribution in [3.05, 3.63) is 60.3 Å². The molecule has 2 rings (SSSR count). The lowest BCUT2D eigenvalue weighted by Crippen LogP contribution is -2.09. The minimum atomic E-state index is 0.0525. The Morgan fingerprint density at radius 3 is 2.47 bits per heavy atom. The van der Waals surface area contributed by atoms with Crippen LogP contribution in [-0.4, -0.2) is 23.8 Å². The topological polar surface area (TPSA) is 20.3 Å². The molecule has 1 aromatic carbocycles. The third-order valence-electron chi connectivity index (χ3n) is 2.85. The van der Waals surface area contributed by atoms with Crippen molar-refractivity contribution in [2.24, 2.45) is 0 Å². The van der Waals surface area contributed by atoms with Crippen molar-refractivity contribution in [2.75, 3.05) is 13.1 Å². The normalized spacial score (nSPS) is 16.1. The molecule has 0 aromatic heterocycles. The second-order valence-electron chi connectivity index (χ2n) is 4.17. The van der Waals surface area contributed by atoms with Gasteiger partial charge in [0.15, 0.2) is 5.78 Å². The number of carbonyl (C=O) groups is 1. The number of hydrogen-bond donors (Lipinski definition) is 0. The van der Waals surface area contributed by atoms with Crippen LogP contribution in [0.4, 0.5) is 0 Å². The number of allylic oxidation sites excluding steroid dienone is 3. The Bertz CT molecular complexity index is 414. The molecule has 1 aliphatic rings. The highest BCUT2D eigenvalue weighted by molar-refractivity contribution is 6.04. The van der Waals surface area contributed by atoms with Crippen LogP contribution in [0.25, 0.3) is 0 Å². The Kier molecular flexibility index (Phi) is 4.14. The maximum atomic E-state index is 11.7. The summed E-state index contributed by atoms with van der Waals surface area (Å²) in [5, 5.41) is 0. The first-order valence-corrected chi connectivity index (χ1v) is 6.04. The van der Waals surface area contributed by atoms with Crippen LogP contribution in [0.3, 0.4) is 0 Å². The van der Waals surface area contributed by atoms with E-state index in [2.05, 4.69) is 11.1 Å². The average Bonchev–Trinajstić information content (AvgIpc) is 2.88. The van der Waals surface area contributed by atoms with Gasteiger partial charge in [0.2, 0.25) is 0 Å². The molecule has 0 aliphatic carbocycles. The fourth-order valence-corrected chi connectivity index (χ4v) is 1.90. The fourth-order valence-electron chi connectivity index (χ4n) is 1.90. The molecule has 1 aliphatic heterocycles. The second kappa shape index (κ2) is 6.04. The standard InChI is InChI=1S/C15H17NO/c17-15(14-8-2-1-3-9-14)10-4-5-11-16-12-6-7-13-16/h1-5,8-11H,6-7,12-13H2/b10-4+,11-5+. The molecule has 88 valence electrons. The molecular weight excluding hydrogens is 210 g/mol. The first-order valence-electron chi connectivity index (χ1n) is 6.04. The third kappa shape index (κ3) is 3.59. The molecule has 0 unspecified atom stereocenters. The van der Waals surface area contributed by atoms with Crippen LogP contribution in [0.2, 0.25) is 0 Å². The van der Waals surface area contributed by atoms with Crippen LogP contribution < -0.4 is 0 Å². The van der Waals surface area contributed by atoms with Gasteiger partial charge < -0.3 is 4.90 Å². The van der Waals surface area contributed by atoms with Crippen molar-refractivity contribution in [1.82, 2.24) is 4.90 Å². The molecule has 2 heteroatoms. The van der Waals surface area contributed by atoms with Gasteiger partial charge in [0.25, 0.3) is 0 Å². The monoisotopic (exact) mass is 227 g/mol. The van der Waals surface area contributed by atoms with Crippen LogP contribution in [0.15, 0.2) is 54.8 Å². The van der Waals surface area contributed by atoms with E-state index in [-0.39, 0.29) is 5.78 Å². The lowest BCUT2D eigenvalue weighted by molar-refractivity contribution is 0.104. The summed E-state index contributed by atoms with van der Waals surface area (Å²) in [7, 11) is 0. The van der Waals surface area contributed by atoms with E-state index in [1.165, 1.54) is 12.8 Å². The van der Waals surface area contributed by atoms with Gasteiger partial charge in [-0.3, -0.25) is 4.79 Å². The Morgan fingerprint density at radius 1 is 1.06 bits per heavy atom. The molecule has 2 nitrogen and oxygen atoms in total. The number of likely N-dealkylation sites (tertiary alicyclic amines) is 1. The lowest BCUT2D eigenvalue weighted by Gasteiger charge is -2.08. The Hall–Kier alpha value is -1.83. The zero-order chi connectivity index (χ0) is 11.9. The number of nitrogens with zero attached hydrogens (tertiary/aromatic N) is 1. The van der Waals surface area contributed by atoms with E-state index >= 15 is 0 Å². The minimum Gasteiger partial charge on any atom is -0.377 e. The predicted octanol–water partition coefficient (Wildman–Crippen LogP) is 3.04. The van der Waals surface area contributed by atoms with Crippen LogP contribution in [-0.2, 0) is 0 Å². The molecule has 0 saturated carbocycles. The SMILES string of the molecule is O=C(/C=C/C=C/N1CCCC1)c1ccccc1. The summed E-state index contributed by atoms with van der Waals surface area (Å²) in [5.41, 5.74) is 0.735. The van der Waals surface area contributed by atoms with Crippen molar-refractivity contribution < 1.29 is 4.79 Å². The maximum absolute atomic E-state index is 11.7. The predicted molar refractivity (Wildman–Crippen MR) is 69.9 cm³/mol. The van der Waals surface area contributed by atoms with Gasteiger partial charge in [-0.15, -0.1) is 0 Å². The van der Waals surface area contributed by atoms with Gasteiger partial charge >= 0.3 is 0 Å². The molecule has 17 heavy (non-hydrogen) atoms. The molecule has 1 fully saturated rings. The van der Waals surface area contributed by atoms with E-state index in [1.807, 2.05) is 42.5 Å². The van der Waals surface area contributed by atoms with Crippen molar-refractivity contribution in [1.29, 1.82) is 0 Å². The van der Waals surface area contributed by atoms with E-state index in [1.54, 1.807) is 6.08 Å². The lowest BCUT2D eigenvalue weighted by atomic mass is 10.1. The molecule has 1 aromatic rings. The van der Waals surface area contributed by atoms with Crippen molar-refractivity contribution >= 4 is 5.78 Å². The highest BCUT2D eigenvalue weighted by atomic mass is 16.1. The van der Waals surface area contributed by atoms with Crippen molar-refractivity contribution in [3.8, 4) is 0 Å². The number of hydrogen-bond acceptors (Lipinski definition) is 2. The van der Waals surface area contributed by atoms with E-state index in [4.69, 9.17) is 0 Å². The van der Waals surface area contributed by atoms with Gasteiger partial charge in [-0.25, -0.2) is 0 Å². The molecule has 0 amide bonds. The Balaban J connectivity index is 1.86. The summed E-state index contributed by atoms with van der Waals surface area (Å²) in [4.78, 5) is 14.0. The van der Waals surface area contributed by atoms with Crippen LogP contribution in [0, 0.1) is 0 Å². The number of benzene rings is 1. The highest BCUT2D eigenvalue weighted by Crippen LogP contribution is 2.07. The second-order valence-corrected chi connectivity index (χ2v) is 4.17. The molecule has 0 spiro atoms. The van der Waals surface area contributed by atoms with Gasteiger partial charge in [0, 0.05) is 18.7 Å². The molecule has 0 bridgehead atoms. The Labute approximate surface area is 102 Å². The van der Waals surface area contributed by atoms with Crippen LogP contribution >= 0.6 is 0 Å². The van der Waals surface area contributed by atoms with E-state index < -0.39 is 0 Å². The molecular formula is C15H17NO. The van der Waals surface area contributed by atoms with Gasteiger partial charge in [0.1, 0.15) is 0 Å². The van der Waals surface area contributed by atoms with Crippen LogP contribution in [0.1, 0.15) is 23.2 Å². The minimum absolute atomic E-state index is 0.0525. The first-order chi connectivity index (χ1) is 8.36. The van der Waals surface area contributed by atoms with Gasteiger partial charge in [-0.2, -0.15) is 0 Å². The number of rotatable bonds is 4. The third-order valence-corrected chi connectivity index (χ3v) is 2.85. The number of carbonyl (C=O) groups excluding carboxylic acids is 1. The fraction of sp³-hybridized carbons (Fsp3) is 0.267. The summed E-state index contributed by atoms with van der Waals surface area (Å²) < 4.78 is 0. The van der Waals surface area contributed by atoms with E-state index in [0.29, 0.717) is 0 Å². The van der Waals surface area contributed by atoms with Crippen LogP contribution in [0.5, 0.6) is 0 Å². The summed E-state index contributed by atoms with van der Waals surface area (Å²) in [6, 6.07) is 9.32. The molecule has 0 N–H and O–H groups in total. The smallest absolute Gasteiger partial charge is 0.185 e. The summed E-state index contributed by atoms with van der Waals surface area (Å²) in [6.07, 6.45) is 9.97. The molecule has 1 heterocycles. The molecule has 0 radical (unpaired) electrons. The summed E-state index contributed by atoms with van der Waals surface area (Å²) in [5.74, 6) is 0.0525. The van der Waals surface area contributed by atoms with Crippen molar-refractivity contribution in [3.63, 3.8) is 0 Å². The first kappa shape index (κ1) is 11.6. The van der Waals surface area contributed by atoms with E-state index in [9.17, 15) is 4.79 Å². The Morgan fingerprint density at radius 2 is 1.76 bits per heavy atom. The molecule has 0 atom stereocenters. The van der Waals surface area contributed by atoms with Crippen molar-refractivity contribution in [2.45, 2.75) is 12.8 Å². The highest BCUT2D eigenvalue weighted by Gasteiger charge is 2.05. The summed E-state index contributed by atoms with van der Waals surface area (Å²) in [6.45, 7) is 2.27. The van der Waals surface area contributed by atoms with Gasteiger partial charge in [-0.1, -0.05) is 36.4 Å². The maximum Gasteiger partial charge on any atom is 0.185 e.